The maximum absolute atomic E-state index is 13.4. The summed E-state index contributed by atoms with van der Waals surface area (Å²) in [6, 6.07) is 9.11. The lowest BCUT2D eigenvalue weighted by Gasteiger charge is -2.35. The molecule has 0 amide bonds. The third-order valence-corrected chi connectivity index (χ3v) is 6.01. The highest BCUT2D eigenvalue weighted by Gasteiger charge is 2.50. The zero-order valence-electron chi connectivity index (χ0n) is 16.8. The summed E-state index contributed by atoms with van der Waals surface area (Å²) < 4.78 is 12.3. The summed E-state index contributed by atoms with van der Waals surface area (Å²) in [6.07, 6.45) is 0.0992. The van der Waals surface area contributed by atoms with Crippen molar-refractivity contribution in [3.05, 3.63) is 57.4 Å². The van der Waals surface area contributed by atoms with E-state index in [0.29, 0.717) is 34.7 Å². The zero-order chi connectivity index (χ0) is 21.9. The number of rotatable bonds is 3. The fraction of sp³-hybridized carbons (Fsp3) is 0.273. The first-order valence-electron chi connectivity index (χ1n) is 9.94. The first kappa shape index (κ1) is 19.3. The number of ether oxygens (including phenoxy) is 2. The van der Waals surface area contributed by atoms with Crippen LogP contribution in [0.1, 0.15) is 30.0 Å². The summed E-state index contributed by atoms with van der Waals surface area (Å²) in [5.41, 5.74) is 13.4. The lowest BCUT2D eigenvalue weighted by Crippen LogP contribution is -2.48. The third kappa shape index (κ3) is 2.59. The van der Waals surface area contributed by atoms with Gasteiger partial charge >= 0.3 is 11.9 Å². The number of nitrogens with two attached hydrogens (primary N) is 2. The number of aromatic nitrogens is 2. The van der Waals surface area contributed by atoms with Crippen molar-refractivity contribution >= 4 is 28.5 Å². The summed E-state index contributed by atoms with van der Waals surface area (Å²) >= 11 is 0. The highest BCUT2D eigenvalue weighted by Crippen LogP contribution is 2.41. The van der Waals surface area contributed by atoms with Crippen molar-refractivity contribution in [2.45, 2.75) is 32.1 Å². The van der Waals surface area contributed by atoms with Crippen LogP contribution < -0.4 is 17.0 Å². The number of cyclic esters (lactones) is 1. The van der Waals surface area contributed by atoms with Crippen molar-refractivity contribution < 1.29 is 19.1 Å². The van der Waals surface area contributed by atoms with E-state index in [0.717, 1.165) is 10.9 Å². The highest BCUT2D eigenvalue weighted by atomic mass is 16.6. The van der Waals surface area contributed by atoms with E-state index >= 15 is 0 Å². The average Bonchev–Trinajstić information content (AvgIpc) is 3.13. The van der Waals surface area contributed by atoms with Crippen LogP contribution in [0.4, 0.5) is 5.69 Å². The molecule has 4 heterocycles. The Labute approximate surface area is 176 Å². The molecular weight excluding hydrogens is 400 g/mol. The molecule has 1 unspecified atom stereocenters. The van der Waals surface area contributed by atoms with Gasteiger partial charge in [-0.05, 0) is 30.7 Å². The standard InChI is InChI=1S/C22H20N4O5/c1-2-22(31-18(27)8-23)14-7-17-19-11(6-12-15(24)4-3-5-16(12)25-19)9-26(17)20(28)13(14)10-30-21(22)29/h3-7H,2,8-10,23-24H2,1H3. The molecule has 2 aromatic heterocycles. The Morgan fingerprint density at radius 3 is 2.87 bits per heavy atom. The Morgan fingerprint density at radius 2 is 2.13 bits per heavy atom. The predicted octanol–water partition coefficient (Wildman–Crippen LogP) is 1.17. The number of nitrogen functional groups attached to an aromatic ring is 1. The van der Waals surface area contributed by atoms with Gasteiger partial charge in [0, 0.05) is 22.2 Å². The lowest BCUT2D eigenvalue weighted by atomic mass is 9.85. The molecule has 158 valence electrons. The van der Waals surface area contributed by atoms with Crippen molar-refractivity contribution in [1.82, 2.24) is 9.55 Å². The van der Waals surface area contributed by atoms with E-state index in [9.17, 15) is 14.4 Å². The molecule has 5 rings (SSSR count). The fourth-order valence-corrected chi connectivity index (χ4v) is 4.42. The number of nitrogens with zero attached hydrogens (tertiary/aromatic N) is 2. The van der Waals surface area contributed by atoms with Crippen LogP contribution in [-0.4, -0.2) is 28.0 Å². The summed E-state index contributed by atoms with van der Waals surface area (Å²) in [5.74, 6) is -1.47. The van der Waals surface area contributed by atoms with Crippen molar-refractivity contribution in [2.24, 2.45) is 5.73 Å². The van der Waals surface area contributed by atoms with E-state index in [1.165, 1.54) is 0 Å². The van der Waals surface area contributed by atoms with Gasteiger partial charge in [-0.25, -0.2) is 9.78 Å². The van der Waals surface area contributed by atoms with Crippen LogP contribution in [0.15, 0.2) is 35.1 Å². The normalized spacial score (nSPS) is 18.8. The number of carbonyl (C=O) groups excluding carboxylic acids is 2. The number of pyridine rings is 2. The molecule has 2 aliphatic rings. The number of fused-ring (bicyclic) bond motifs is 5. The molecule has 2 aliphatic heterocycles. The second-order valence-corrected chi connectivity index (χ2v) is 7.66. The number of anilines is 1. The molecule has 0 fully saturated rings. The second-order valence-electron chi connectivity index (χ2n) is 7.66. The lowest BCUT2D eigenvalue weighted by molar-refractivity contribution is -0.188. The molecule has 0 saturated heterocycles. The number of esters is 2. The summed E-state index contributed by atoms with van der Waals surface area (Å²) in [6.45, 7) is 1.43. The van der Waals surface area contributed by atoms with Gasteiger partial charge in [-0.1, -0.05) is 13.0 Å². The first-order valence-corrected chi connectivity index (χ1v) is 9.94. The Morgan fingerprint density at radius 1 is 1.32 bits per heavy atom. The fourth-order valence-electron chi connectivity index (χ4n) is 4.42. The molecule has 0 bridgehead atoms. The molecule has 31 heavy (non-hydrogen) atoms. The third-order valence-electron chi connectivity index (χ3n) is 6.01. The molecule has 9 nitrogen and oxygen atoms in total. The van der Waals surface area contributed by atoms with Crippen molar-refractivity contribution in [3.63, 3.8) is 0 Å². The van der Waals surface area contributed by atoms with Gasteiger partial charge in [0.1, 0.15) is 6.61 Å². The van der Waals surface area contributed by atoms with Crippen LogP contribution >= 0.6 is 0 Å². The summed E-state index contributed by atoms with van der Waals surface area (Å²) in [4.78, 5) is 42.9. The van der Waals surface area contributed by atoms with Gasteiger partial charge in [-0.2, -0.15) is 0 Å². The minimum Gasteiger partial charge on any atom is -0.457 e. The van der Waals surface area contributed by atoms with Gasteiger partial charge in [-0.15, -0.1) is 0 Å². The van der Waals surface area contributed by atoms with Gasteiger partial charge < -0.3 is 25.5 Å². The topological polar surface area (TPSA) is 140 Å². The Balaban J connectivity index is 1.77. The zero-order valence-corrected chi connectivity index (χ0v) is 16.8. The van der Waals surface area contributed by atoms with Crippen LogP contribution in [0, 0.1) is 0 Å². The van der Waals surface area contributed by atoms with E-state index in [1.807, 2.05) is 18.2 Å². The molecule has 0 radical (unpaired) electrons. The van der Waals surface area contributed by atoms with Gasteiger partial charge in [0.25, 0.3) is 5.56 Å². The molecule has 1 aromatic carbocycles. The maximum Gasteiger partial charge on any atom is 0.355 e. The van der Waals surface area contributed by atoms with Gasteiger partial charge in [0.15, 0.2) is 0 Å². The van der Waals surface area contributed by atoms with Gasteiger partial charge in [0.05, 0.1) is 35.6 Å². The van der Waals surface area contributed by atoms with Crippen LogP contribution in [0.3, 0.4) is 0 Å². The molecule has 1 atom stereocenters. The Kier molecular flexibility index (Phi) is 4.13. The van der Waals surface area contributed by atoms with Gasteiger partial charge in [-0.3, -0.25) is 9.59 Å². The number of carbonyl (C=O) groups is 2. The molecule has 0 saturated carbocycles. The molecule has 0 aliphatic carbocycles. The molecule has 3 aromatic rings. The van der Waals surface area contributed by atoms with Crippen LogP contribution in [0.25, 0.3) is 22.3 Å². The monoisotopic (exact) mass is 420 g/mol. The van der Waals surface area contributed by atoms with Crippen molar-refractivity contribution in [2.75, 3.05) is 12.3 Å². The summed E-state index contributed by atoms with van der Waals surface area (Å²) in [5, 5.41) is 0.810. The summed E-state index contributed by atoms with van der Waals surface area (Å²) in [7, 11) is 0. The second kappa shape index (κ2) is 6.64. The van der Waals surface area contributed by atoms with Crippen LogP contribution in [0.2, 0.25) is 0 Å². The van der Waals surface area contributed by atoms with Crippen LogP contribution in [0.5, 0.6) is 0 Å². The smallest absolute Gasteiger partial charge is 0.355 e. The first-order chi connectivity index (χ1) is 14.9. The molecule has 9 heteroatoms. The van der Waals surface area contributed by atoms with Crippen molar-refractivity contribution in [1.29, 1.82) is 0 Å². The van der Waals surface area contributed by atoms with E-state index in [2.05, 4.69) is 0 Å². The number of benzene rings is 1. The molecule has 0 spiro atoms. The Bertz CT molecular complexity index is 1350. The quantitative estimate of drug-likeness (QED) is 0.372. The number of hydrogen-bond donors (Lipinski definition) is 2. The highest BCUT2D eigenvalue weighted by molar-refractivity contribution is 5.93. The van der Waals surface area contributed by atoms with Crippen molar-refractivity contribution in [3.8, 4) is 11.4 Å². The van der Waals surface area contributed by atoms with E-state index in [1.54, 1.807) is 23.6 Å². The Hall–Kier alpha value is -3.72. The van der Waals surface area contributed by atoms with Crippen LogP contribution in [-0.2, 0) is 37.8 Å². The minimum atomic E-state index is -1.72. The minimum absolute atomic E-state index is 0.0992. The predicted molar refractivity (Wildman–Crippen MR) is 112 cm³/mol. The maximum atomic E-state index is 13.4. The largest absolute Gasteiger partial charge is 0.457 e. The average molecular weight is 420 g/mol. The van der Waals surface area contributed by atoms with Gasteiger partial charge in [0.2, 0.25) is 5.60 Å². The number of hydrogen-bond acceptors (Lipinski definition) is 8. The SMILES string of the molecule is CCC1(OC(=O)CN)C(=O)OCc2c1cc1n(c2=O)Cc2cc3c(N)cccc3nc2-1. The van der Waals surface area contributed by atoms with E-state index in [-0.39, 0.29) is 24.2 Å². The van der Waals surface area contributed by atoms with E-state index < -0.39 is 24.1 Å². The van der Waals surface area contributed by atoms with E-state index in [4.69, 9.17) is 25.9 Å². The molecular formula is C22H20N4O5. The molecule has 4 N–H and O–H groups in total.